The predicted molar refractivity (Wildman–Crippen MR) is 62.7 cm³/mol. The molecule has 1 aromatic rings. The van der Waals surface area contributed by atoms with E-state index >= 15 is 0 Å². The maximum Gasteiger partial charge on any atom is 0.273 e. The van der Waals surface area contributed by atoms with Crippen LogP contribution in [0.5, 0.6) is 11.5 Å². The molecule has 1 fully saturated rings. The lowest BCUT2D eigenvalue weighted by Gasteiger charge is -2.26. The summed E-state index contributed by atoms with van der Waals surface area (Å²) in [4.78, 5) is 11.9. The summed E-state index contributed by atoms with van der Waals surface area (Å²) in [6.45, 7) is 1.61. The van der Waals surface area contributed by atoms with Crippen molar-refractivity contribution in [2.45, 2.75) is 19.3 Å². The third-order valence-corrected chi connectivity index (χ3v) is 2.86. The quantitative estimate of drug-likeness (QED) is 0.722. The van der Waals surface area contributed by atoms with Gasteiger partial charge in [-0.2, -0.15) is 0 Å². The molecule has 1 amide bonds. The van der Waals surface area contributed by atoms with E-state index in [0.29, 0.717) is 0 Å². The van der Waals surface area contributed by atoms with Gasteiger partial charge in [-0.25, -0.2) is 5.01 Å². The molecule has 92 valence electrons. The van der Waals surface area contributed by atoms with E-state index in [4.69, 9.17) is 0 Å². The molecule has 2 rings (SSSR count). The molecule has 3 N–H and O–H groups in total. The Morgan fingerprint density at radius 1 is 1.12 bits per heavy atom. The van der Waals surface area contributed by atoms with Gasteiger partial charge in [-0.15, -0.1) is 0 Å². The summed E-state index contributed by atoms with van der Waals surface area (Å²) < 4.78 is 0. The third-order valence-electron chi connectivity index (χ3n) is 2.86. The van der Waals surface area contributed by atoms with Gasteiger partial charge in [0.2, 0.25) is 0 Å². The van der Waals surface area contributed by atoms with Crippen LogP contribution in [0.3, 0.4) is 0 Å². The average Bonchev–Trinajstić information content (AvgIpc) is 2.30. The minimum atomic E-state index is -0.470. The second kappa shape index (κ2) is 5.05. The number of phenolic OH excluding ortho intramolecular Hbond substituents is 2. The number of nitrogens with zero attached hydrogens (tertiary/aromatic N) is 1. The molecule has 0 unspecified atom stereocenters. The molecule has 0 radical (unpaired) electrons. The van der Waals surface area contributed by atoms with Crippen LogP contribution in [-0.2, 0) is 0 Å². The number of rotatable bonds is 2. The van der Waals surface area contributed by atoms with Crippen LogP contribution in [0.4, 0.5) is 0 Å². The lowest BCUT2D eigenvalue weighted by Crippen LogP contribution is -2.45. The monoisotopic (exact) mass is 236 g/mol. The number of amides is 1. The number of hydrogen-bond donors (Lipinski definition) is 3. The van der Waals surface area contributed by atoms with Crippen LogP contribution < -0.4 is 5.43 Å². The maximum absolute atomic E-state index is 11.9. The molecular weight excluding hydrogens is 220 g/mol. The Morgan fingerprint density at radius 3 is 2.29 bits per heavy atom. The lowest BCUT2D eigenvalue weighted by molar-refractivity contribution is 0.0744. The molecule has 1 heterocycles. The van der Waals surface area contributed by atoms with Crippen molar-refractivity contribution >= 4 is 5.91 Å². The first kappa shape index (κ1) is 11.7. The van der Waals surface area contributed by atoms with E-state index in [1.165, 1.54) is 24.6 Å². The summed E-state index contributed by atoms with van der Waals surface area (Å²) in [6.07, 6.45) is 3.27. The zero-order valence-electron chi connectivity index (χ0n) is 9.52. The standard InChI is InChI=1S/C12H16N2O3/c15-9-5-4-6-10(16)11(9)12(17)13-14-7-2-1-3-8-14/h4-6,15-16H,1-3,7-8H2,(H,13,17). The summed E-state index contributed by atoms with van der Waals surface area (Å²) >= 11 is 0. The van der Waals surface area contributed by atoms with Gasteiger partial charge in [0, 0.05) is 13.1 Å². The fourth-order valence-electron chi connectivity index (χ4n) is 1.97. The molecule has 1 aliphatic rings. The molecule has 1 aliphatic heterocycles. The van der Waals surface area contributed by atoms with E-state index < -0.39 is 5.91 Å². The number of nitrogens with one attached hydrogen (secondary N) is 1. The Kier molecular flexibility index (Phi) is 3.49. The van der Waals surface area contributed by atoms with Crippen LogP contribution in [0.1, 0.15) is 29.6 Å². The fraction of sp³-hybridized carbons (Fsp3) is 0.417. The van der Waals surface area contributed by atoms with Crippen LogP contribution in [0.15, 0.2) is 18.2 Å². The van der Waals surface area contributed by atoms with Crippen LogP contribution in [0.25, 0.3) is 0 Å². The predicted octanol–water partition coefficient (Wildman–Crippen LogP) is 1.23. The van der Waals surface area contributed by atoms with E-state index in [-0.39, 0.29) is 17.1 Å². The highest BCUT2D eigenvalue weighted by Crippen LogP contribution is 2.26. The zero-order chi connectivity index (χ0) is 12.3. The molecule has 0 aliphatic carbocycles. The second-order valence-electron chi connectivity index (χ2n) is 4.16. The Bertz CT molecular complexity index is 394. The van der Waals surface area contributed by atoms with Gasteiger partial charge in [0.05, 0.1) is 0 Å². The molecule has 0 spiro atoms. The molecular formula is C12H16N2O3. The largest absolute Gasteiger partial charge is 0.507 e. The van der Waals surface area contributed by atoms with Crippen molar-refractivity contribution in [3.8, 4) is 11.5 Å². The fourth-order valence-corrected chi connectivity index (χ4v) is 1.97. The molecule has 0 bridgehead atoms. The summed E-state index contributed by atoms with van der Waals surface area (Å²) in [7, 11) is 0. The van der Waals surface area contributed by atoms with Crippen molar-refractivity contribution in [2.75, 3.05) is 13.1 Å². The number of carbonyl (C=O) groups excluding carboxylic acids is 1. The summed E-state index contributed by atoms with van der Waals surface area (Å²) in [5, 5.41) is 20.9. The SMILES string of the molecule is O=C(NN1CCCCC1)c1c(O)cccc1O. The molecule has 1 saturated heterocycles. The molecule has 0 aromatic heterocycles. The molecule has 5 heteroatoms. The van der Waals surface area contributed by atoms with Crippen molar-refractivity contribution in [2.24, 2.45) is 0 Å². The highest BCUT2D eigenvalue weighted by atomic mass is 16.3. The van der Waals surface area contributed by atoms with Gasteiger partial charge < -0.3 is 10.2 Å². The first-order chi connectivity index (χ1) is 8.18. The van der Waals surface area contributed by atoms with Gasteiger partial charge in [-0.1, -0.05) is 12.5 Å². The van der Waals surface area contributed by atoms with E-state index in [9.17, 15) is 15.0 Å². The third kappa shape index (κ3) is 2.68. The van der Waals surface area contributed by atoms with Gasteiger partial charge in [0.15, 0.2) is 0 Å². The van der Waals surface area contributed by atoms with E-state index in [2.05, 4.69) is 5.43 Å². The van der Waals surface area contributed by atoms with Gasteiger partial charge >= 0.3 is 0 Å². The highest BCUT2D eigenvalue weighted by Gasteiger charge is 2.19. The first-order valence-corrected chi connectivity index (χ1v) is 5.75. The van der Waals surface area contributed by atoms with Crippen molar-refractivity contribution in [1.29, 1.82) is 0 Å². The summed E-state index contributed by atoms with van der Waals surface area (Å²) in [6, 6.07) is 4.25. The first-order valence-electron chi connectivity index (χ1n) is 5.75. The van der Waals surface area contributed by atoms with E-state index in [0.717, 1.165) is 25.9 Å². The molecule has 0 saturated carbocycles. The number of phenols is 2. The smallest absolute Gasteiger partial charge is 0.273 e. The van der Waals surface area contributed by atoms with E-state index in [1.807, 2.05) is 5.01 Å². The van der Waals surface area contributed by atoms with Crippen LogP contribution in [0.2, 0.25) is 0 Å². The normalized spacial score (nSPS) is 16.7. The number of benzene rings is 1. The lowest BCUT2D eigenvalue weighted by atomic mass is 10.1. The second-order valence-corrected chi connectivity index (χ2v) is 4.16. The minimum Gasteiger partial charge on any atom is -0.507 e. The highest BCUT2D eigenvalue weighted by molar-refractivity contribution is 5.99. The van der Waals surface area contributed by atoms with Crippen molar-refractivity contribution in [3.05, 3.63) is 23.8 Å². The Hall–Kier alpha value is -1.75. The van der Waals surface area contributed by atoms with Crippen LogP contribution >= 0.6 is 0 Å². The number of carbonyl (C=O) groups is 1. The van der Waals surface area contributed by atoms with Gasteiger partial charge in [-0.3, -0.25) is 10.2 Å². The number of piperidine rings is 1. The average molecular weight is 236 g/mol. The van der Waals surface area contributed by atoms with Crippen molar-refractivity contribution in [1.82, 2.24) is 10.4 Å². The molecule has 5 nitrogen and oxygen atoms in total. The summed E-state index contributed by atoms with van der Waals surface area (Å²) in [5.74, 6) is -0.887. The van der Waals surface area contributed by atoms with Crippen LogP contribution in [0, 0.1) is 0 Å². The minimum absolute atomic E-state index is 0.0712. The zero-order valence-corrected chi connectivity index (χ0v) is 9.52. The van der Waals surface area contributed by atoms with Crippen LogP contribution in [-0.4, -0.2) is 34.2 Å². The van der Waals surface area contributed by atoms with Crippen molar-refractivity contribution in [3.63, 3.8) is 0 Å². The van der Waals surface area contributed by atoms with Gasteiger partial charge in [0.25, 0.3) is 5.91 Å². The number of hydrogen-bond acceptors (Lipinski definition) is 4. The number of hydrazine groups is 1. The maximum atomic E-state index is 11.9. The van der Waals surface area contributed by atoms with Gasteiger partial charge in [-0.05, 0) is 25.0 Å². The topological polar surface area (TPSA) is 72.8 Å². The Balaban J connectivity index is 2.08. The Morgan fingerprint density at radius 2 is 1.71 bits per heavy atom. The van der Waals surface area contributed by atoms with E-state index in [1.54, 1.807) is 0 Å². The Labute approximate surface area is 99.6 Å². The molecule has 0 atom stereocenters. The van der Waals surface area contributed by atoms with Crippen molar-refractivity contribution < 1.29 is 15.0 Å². The molecule has 1 aromatic carbocycles. The van der Waals surface area contributed by atoms with Gasteiger partial charge in [0.1, 0.15) is 17.1 Å². The summed E-state index contributed by atoms with van der Waals surface area (Å²) in [5.41, 5.74) is 2.62. The molecule has 17 heavy (non-hydrogen) atoms. The number of aromatic hydroxyl groups is 2.